The van der Waals surface area contributed by atoms with E-state index in [1.165, 1.54) is 11.6 Å². The first-order valence-corrected chi connectivity index (χ1v) is 8.61. The largest absolute Gasteiger partial charge is 0.353 e. The summed E-state index contributed by atoms with van der Waals surface area (Å²) in [5.41, 5.74) is 7.29. The third kappa shape index (κ3) is 3.13. The molecule has 25 heavy (non-hydrogen) atoms. The van der Waals surface area contributed by atoms with Crippen LogP contribution < -0.4 is 22.3 Å². The van der Waals surface area contributed by atoms with Gasteiger partial charge in [-0.2, -0.15) is 4.98 Å². The van der Waals surface area contributed by atoms with Gasteiger partial charge in [-0.25, -0.2) is 4.79 Å². The zero-order chi connectivity index (χ0) is 18.3. The second-order valence-corrected chi connectivity index (χ2v) is 7.12. The molecule has 2 heterocycles. The van der Waals surface area contributed by atoms with E-state index in [1.807, 2.05) is 24.5 Å². The molecule has 2 atom stereocenters. The molecule has 2 unspecified atom stereocenters. The molecule has 8 nitrogen and oxygen atoms in total. The third-order valence-corrected chi connectivity index (χ3v) is 4.84. The van der Waals surface area contributed by atoms with Gasteiger partial charge in [-0.05, 0) is 33.1 Å². The van der Waals surface area contributed by atoms with Crippen LogP contribution in [0.15, 0.2) is 21.2 Å². The van der Waals surface area contributed by atoms with Crippen LogP contribution in [0.2, 0.25) is 0 Å². The maximum absolute atomic E-state index is 12.7. The van der Waals surface area contributed by atoms with Gasteiger partial charge in [0, 0.05) is 32.7 Å². The van der Waals surface area contributed by atoms with Gasteiger partial charge in [-0.1, -0.05) is 11.6 Å². The second-order valence-electron chi connectivity index (χ2n) is 7.12. The van der Waals surface area contributed by atoms with Crippen molar-refractivity contribution in [3.8, 4) is 0 Å². The van der Waals surface area contributed by atoms with E-state index in [1.54, 1.807) is 7.05 Å². The maximum atomic E-state index is 12.7. The molecule has 8 heteroatoms. The minimum Gasteiger partial charge on any atom is -0.353 e. The number of allylic oxidation sites excluding steroid dienone is 2. The van der Waals surface area contributed by atoms with Crippen LogP contribution in [0.25, 0.3) is 11.2 Å². The molecule has 3 N–H and O–H groups in total. The Labute approximate surface area is 146 Å². The van der Waals surface area contributed by atoms with E-state index in [0.29, 0.717) is 23.7 Å². The molecule has 1 aliphatic carbocycles. The zero-order valence-corrected chi connectivity index (χ0v) is 15.2. The summed E-state index contributed by atoms with van der Waals surface area (Å²) in [6, 6.07) is 0.434. The van der Waals surface area contributed by atoms with Crippen LogP contribution in [-0.4, -0.2) is 30.8 Å². The van der Waals surface area contributed by atoms with Crippen molar-refractivity contribution in [2.45, 2.75) is 51.7 Å². The third-order valence-electron chi connectivity index (χ3n) is 4.84. The number of fused-ring (bicyclic) bond motifs is 1. The van der Waals surface area contributed by atoms with Crippen molar-refractivity contribution in [2.75, 3.05) is 5.32 Å². The van der Waals surface area contributed by atoms with Crippen LogP contribution in [0.4, 0.5) is 5.95 Å². The van der Waals surface area contributed by atoms with Crippen LogP contribution in [0.5, 0.6) is 0 Å². The SMILES string of the molecule is CC(C)=CCn1c(NC2CCC(N)C2)nc2c1c(=O)n(C)c(=O)n2C. The number of aromatic nitrogens is 4. The number of hydrogen-bond donors (Lipinski definition) is 2. The van der Waals surface area contributed by atoms with Gasteiger partial charge < -0.3 is 15.6 Å². The number of anilines is 1. The smallest absolute Gasteiger partial charge is 0.332 e. The number of nitrogens with one attached hydrogen (secondary N) is 1. The lowest BCUT2D eigenvalue weighted by Crippen LogP contribution is -2.37. The number of imidazole rings is 1. The van der Waals surface area contributed by atoms with Gasteiger partial charge in [0.05, 0.1) is 0 Å². The van der Waals surface area contributed by atoms with E-state index in [4.69, 9.17) is 5.73 Å². The highest BCUT2D eigenvalue weighted by Crippen LogP contribution is 2.23. The average Bonchev–Trinajstić information content (AvgIpc) is 3.13. The Morgan fingerprint density at radius 2 is 2.00 bits per heavy atom. The van der Waals surface area contributed by atoms with Gasteiger partial charge in [0.1, 0.15) is 0 Å². The van der Waals surface area contributed by atoms with Gasteiger partial charge in [0.25, 0.3) is 5.56 Å². The average molecular weight is 346 g/mol. The molecule has 136 valence electrons. The highest BCUT2D eigenvalue weighted by molar-refractivity contribution is 5.74. The molecular weight excluding hydrogens is 320 g/mol. The highest BCUT2D eigenvalue weighted by Gasteiger charge is 2.25. The predicted molar refractivity (Wildman–Crippen MR) is 98.9 cm³/mol. The molecule has 1 fully saturated rings. The highest BCUT2D eigenvalue weighted by atomic mass is 16.2. The fourth-order valence-electron chi connectivity index (χ4n) is 3.34. The van der Waals surface area contributed by atoms with E-state index in [2.05, 4.69) is 10.3 Å². The van der Waals surface area contributed by atoms with E-state index < -0.39 is 0 Å². The van der Waals surface area contributed by atoms with Crippen molar-refractivity contribution in [1.29, 1.82) is 0 Å². The summed E-state index contributed by atoms with van der Waals surface area (Å²) in [5.74, 6) is 0.616. The first-order chi connectivity index (χ1) is 11.8. The van der Waals surface area contributed by atoms with Gasteiger partial charge in [-0.3, -0.25) is 13.9 Å². The van der Waals surface area contributed by atoms with Gasteiger partial charge in [0.15, 0.2) is 11.2 Å². The lowest BCUT2D eigenvalue weighted by molar-refractivity contribution is 0.680. The zero-order valence-electron chi connectivity index (χ0n) is 15.2. The minimum absolute atomic E-state index is 0.199. The van der Waals surface area contributed by atoms with Gasteiger partial charge >= 0.3 is 5.69 Å². The molecule has 1 saturated carbocycles. The van der Waals surface area contributed by atoms with E-state index in [-0.39, 0.29) is 23.3 Å². The quantitative estimate of drug-likeness (QED) is 0.794. The molecule has 0 amide bonds. The Kier molecular flexibility index (Phi) is 4.55. The fraction of sp³-hybridized carbons (Fsp3) is 0.588. The molecule has 0 spiro atoms. The molecule has 0 aliphatic heterocycles. The molecule has 0 bridgehead atoms. The van der Waals surface area contributed by atoms with Crippen LogP contribution >= 0.6 is 0 Å². The summed E-state index contributed by atoms with van der Waals surface area (Å²) in [5, 5.41) is 3.43. The number of hydrogen-bond acceptors (Lipinski definition) is 5. The lowest BCUT2D eigenvalue weighted by atomic mass is 10.2. The Morgan fingerprint density at radius 1 is 1.28 bits per heavy atom. The van der Waals surface area contributed by atoms with Crippen molar-refractivity contribution in [2.24, 2.45) is 19.8 Å². The Bertz CT molecular complexity index is 945. The summed E-state index contributed by atoms with van der Waals surface area (Å²) >= 11 is 0. The summed E-state index contributed by atoms with van der Waals surface area (Å²) in [4.78, 5) is 29.5. The van der Waals surface area contributed by atoms with Crippen LogP contribution in [0.1, 0.15) is 33.1 Å². The van der Waals surface area contributed by atoms with Crippen molar-refractivity contribution in [1.82, 2.24) is 18.7 Å². The molecule has 0 saturated heterocycles. The summed E-state index contributed by atoms with van der Waals surface area (Å²) < 4.78 is 4.40. The monoisotopic (exact) mass is 346 g/mol. The Balaban J connectivity index is 2.17. The Morgan fingerprint density at radius 3 is 2.60 bits per heavy atom. The molecule has 0 radical (unpaired) electrons. The van der Waals surface area contributed by atoms with Crippen LogP contribution in [0, 0.1) is 0 Å². The number of nitrogens with zero attached hydrogens (tertiary/aromatic N) is 4. The Hall–Kier alpha value is -2.35. The van der Waals surface area contributed by atoms with E-state index >= 15 is 0 Å². The normalized spacial score (nSPS) is 20.2. The van der Waals surface area contributed by atoms with Crippen LogP contribution in [-0.2, 0) is 20.6 Å². The number of aryl methyl sites for hydroxylation is 1. The first kappa shape index (κ1) is 17.5. The van der Waals surface area contributed by atoms with E-state index in [9.17, 15) is 9.59 Å². The molecule has 3 rings (SSSR count). The molecule has 2 aromatic heterocycles. The van der Waals surface area contributed by atoms with Gasteiger partial charge in [-0.15, -0.1) is 0 Å². The van der Waals surface area contributed by atoms with Crippen molar-refractivity contribution in [3.63, 3.8) is 0 Å². The number of nitrogens with two attached hydrogens (primary N) is 1. The molecule has 2 aromatic rings. The topological polar surface area (TPSA) is 99.9 Å². The van der Waals surface area contributed by atoms with Crippen molar-refractivity contribution < 1.29 is 0 Å². The summed E-state index contributed by atoms with van der Waals surface area (Å²) in [6.45, 7) is 4.54. The van der Waals surface area contributed by atoms with Crippen molar-refractivity contribution in [3.05, 3.63) is 32.5 Å². The van der Waals surface area contributed by atoms with Crippen LogP contribution in [0.3, 0.4) is 0 Å². The summed E-state index contributed by atoms with van der Waals surface area (Å²) in [7, 11) is 3.13. The fourth-order valence-corrected chi connectivity index (χ4v) is 3.34. The predicted octanol–water partition coefficient (Wildman–Crippen LogP) is 0.692. The maximum Gasteiger partial charge on any atom is 0.332 e. The molecular formula is C17H26N6O2. The molecule has 0 aromatic carbocycles. The first-order valence-electron chi connectivity index (χ1n) is 8.61. The summed E-state index contributed by atoms with van der Waals surface area (Å²) in [6.07, 6.45) is 4.87. The number of rotatable bonds is 4. The second kappa shape index (κ2) is 6.51. The standard InChI is InChI=1S/C17H26N6O2/c1-10(2)7-8-23-13-14(21(3)17(25)22(4)15(13)24)20-16(23)19-12-6-5-11(18)9-12/h7,11-12H,5-6,8-9,18H2,1-4H3,(H,19,20). The van der Waals surface area contributed by atoms with E-state index in [0.717, 1.165) is 29.4 Å². The van der Waals surface area contributed by atoms with Gasteiger partial charge in [0.2, 0.25) is 5.95 Å². The molecule has 1 aliphatic rings. The minimum atomic E-state index is -0.376. The van der Waals surface area contributed by atoms with Crippen molar-refractivity contribution >= 4 is 17.1 Å². The lowest BCUT2D eigenvalue weighted by Gasteiger charge is -2.14.